The first-order chi connectivity index (χ1) is 11.5. The molecular weight excluding hydrogens is 310 g/mol. The van der Waals surface area contributed by atoms with Crippen molar-refractivity contribution < 1.29 is 14.3 Å². The Morgan fingerprint density at radius 1 is 1.21 bits per heavy atom. The van der Waals surface area contributed by atoms with Crippen molar-refractivity contribution in [3.8, 4) is 0 Å². The fourth-order valence-electron chi connectivity index (χ4n) is 2.44. The molecule has 0 spiro atoms. The van der Waals surface area contributed by atoms with Crippen molar-refractivity contribution >= 4 is 17.9 Å². The fraction of sp³-hybridized carbons (Fsp3) is 0.625. The van der Waals surface area contributed by atoms with Crippen LogP contribution in [0, 0.1) is 6.92 Å². The highest BCUT2D eigenvalue weighted by molar-refractivity contribution is 5.92. The summed E-state index contributed by atoms with van der Waals surface area (Å²) in [4.78, 5) is 36.3. The zero-order valence-corrected chi connectivity index (χ0v) is 14.5. The van der Waals surface area contributed by atoms with Gasteiger partial charge in [0.2, 0.25) is 5.95 Å². The molecule has 0 unspecified atom stereocenters. The summed E-state index contributed by atoms with van der Waals surface area (Å²) < 4.78 is 5.01. The summed E-state index contributed by atoms with van der Waals surface area (Å²) in [5.74, 6) is 0.342. The predicted octanol–water partition coefficient (Wildman–Crippen LogP) is 1.20. The van der Waals surface area contributed by atoms with Crippen LogP contribution in [0.4, 0.5) is 10.7 Å². The number of anilines is 1. The molecule has 1 fully saturated rings. The molecule has 0 aromatic carbocycles. The second-order valence-electron chi connectivity index (χ2n) is 5.62. The lowest BCUT2D eigenvalue weighted by Crippen LogP contribution is -2.49. The van der Waals surface area contributed by atoms with E-state index in [1.165, 1.54) is 0 Å². The van der Waals surface area contributed by atoms with Crippen molar-refractivity contribution in [3.63, 3.8) is 0 Å². The normalized spacial score (nSPS) is 14.5. The van der Waals surface area contributed by atoms with Gasteiger partial charge in [0.25, 0.3) is 5.91 Å². The molecule has 0 aliphatic carbocycles. The standard InChI is InChI=1S/C16H25N5O3/c1-4-6-17-14(22)13-11-12(3)18-15(19-13)20-7-9-21(10-8-20)16(23)24-5-2/h11H,4-10H2,1-3H3,(H,17,22). The number of nitrogens with one attached hydrogen (secondary N) is 1. The SMILES string of the molecule is CCCNC(=O)c1cc(C)nc(N2CCN(C(=O)OCC)CC2)n1. The molecule has 1 saturated heterocycles. The molecule has 2 amide bonds. The Morgan fingerprint density at radius 3 is 2.54 bits per heavy atom. The number of rotatable bonds is 5. The van der Waals surface area contributed by atoms with Crippen LogP contribution in [-0.2, 0) is 4.74 Å². The second-order valence-corrected chi connectivity index (χ2v) is 5.62. The molecule has 2 heterocycles. The van der Waals surface area contributed by atoms with Crippen LogP contribution < -0.4 is 10.2 Å². The summed E-state index contributed by atoms with van der Waals surface area (Å²) in [7, 11) is 0. The van der Waals surface area contributed by atoms with Crippen molar-refractivity contribution in [1.29, 1.82) is 0 Å². The molecule has 0 radical (unpaired) electrons. The minimum Gasteiger partial charge on any atom is -0.450 e. The molecule has 2 rings (SSSR count). The number of aromatic nitrogens is 2. The monoisotopic (exact) mass is 335 g/mol. The lowest BCUT2D eigenvalue weighted by atomic mass is 10.3. The summed E-state index contributed by atoms with van der Waals surface area (Å²) in [6.45, 7) is 8.94. The number of nitrogens with zero attached hydrogens (tertiary/aromatic N) is 4. The maximum Gasteiger partial charge on any atom is 0.409 e. The molecule has 0 saturated carbocycles. The van der Waals surface area contributed by atoms with Crippen LogP contribution in [0.2, 0.25) is 0 Å². The van der Waals surface area contributed by atoms with Gasteiger partial charge >= 0.3 is 6.09 Å². The van der Waals surface area contributed by atoms with E-state index in [-0.39, 0.29) is 12.0 Å². The van der Waals surface area contributed by atoms with Crippen molar-refractivity contribution in [2.75, 3.05) is 44.2 Å². The van der Waals surface area contributed by atoms with Gasteiger partial charge in [-0.3, -0.25) is 4.79 Å². The van der Waals surface area contributed by atoms with Gasteiger partial charge < -0.3 is 19.9 Å². The first-order valence-electron chi connectivity index (χ1n) is 8.35. The molecule has 0 bridgehead atoms. The fourth-order valence-corrected chi connectivity index (χ4v) is 2.44. The third-order valence-electron chi connectivity index (χ3n) is 3.70. The van der Waals surface area contributed by atoms with Crippen LogP contribution in [0.5, 0.6) is 0 Å². The van der Waals surface area contributed by atoms with Crippen LogP contribution in [-0.4, -0.2) is 66.2 Å². The van der Waals surface area contributed by atoms with E-state index in [1.807, 2.05) is 18.7 Å². The second kappa shape index (κ2) is 8.47. The van der Waals surface area contributed by atoms with Crippen LogP contribution >= 0.6 is 0 Å². The van der Waals surface area contributed by atoms with Crippen molar-refractivity contribution in [1.82, 2.24) is 20.2 Å². The molecule has 1 aromatic heterocycles. The van der Waals surface area contributed by atoms with Gasteiger partial charge in [-0.05, 0) is 26.3 Å². The molecule has 8 heteroatoms. The third kappa shape index (κ3) is 4.56. The Hall–Kier alpha value is -2.38. The zero-order valence-electron chi connectivity index (χ0n) is 14.5. The lowest BCUT2D eigenvalue weighted by Gasteiger charge is -2.34. The van der Waals surface area contributed by atoms with E-state index < -0.39 is 0 Å². The summed E-state index contributed by atoms with van der Waals surface area (Å²) in [6.07, 6.45) is 0.584. The van der Waals surface area contributed by atoms with Crippen LogP contribution in [0.15, 0.2) is 6.07 Å². The van der Waals surface area contributed by atoms with Gasteiger partial charge in [-0.25, -0.2) is 14.8 Å². The average Bonchev–Trinajstić information content (AvgIpc) is 2.59. The van der Waals surface area contributed by atoms with Gasteiger partial charge in [-0.15, -0.1) is 0 Å². The molecule has 8 nitrogen and oxygen atoms in total. The molecule has 0 atom stereocenters. The quantitative estimate of drug-likeness (QED) is 0.870. The number of amides is 2. The highest BCUT2D eigenvalue weighted by Gasteiger charge is 2.24. The minimum atomic E-state index is -0.290. The maximum atomic E-state index is 12.1. The minimum absolute atomic E-state index is 0.186. The van der Waals surface area contributed by atoms with Gasteiger partial charge in [-0.1, -0.05) is 6.92 Å². The Labute approximate surface area is 142 Å². The van der Waals surface area contributed by atoms with Gasteiger partial charge in [0.15, 0.2) is 0 Å². The van der Waals surface area contributed by atoms with E-state index in [9.17, 15) is 9.59 Å². The first-order valence-corrected chi connectivity index (χ1v) is 8.35. The highest BCUT2D eigenvalue weighted by atomic mass is 16.6. The molecule has 132 valence electrons. The molecule has 24 heavy (non-hydrogen) atoms. The Bertz CT molecular complexity index is 585. The smallest absolute Gasteiger partial charge is 0.409 e. The number of hydrogen-bond acceptors (Lipinski definition) is 6. The van der Waals surface area contributed by atoms with Crippen molar-refractivity contribution in [3.05, 3.63) is 17.5 Å². The molecule has 1 aliphatic rings. The number of aryl methyl sites for hydroxylation is 1. The van der Waals surface area contributed by atoms with Crippen LogP contribution in [0.25, 0.3) is 0 Å². The predicted molar refractivity (Wildman–Crippen MR) is 90.2 cm³/mol. The van der Waals surface area contributed by atoms with E-state index in [4.69, 9.17) is 4.74 Å². The maximum absolute atomic E-state index is 12.1. The number of piperazine rings is 1. The third-order valence-corrected chi connectivity index (χ3v) is 3.70. The summed E-state index contributed by atoms with van der Waals surface area (Å²) in [5.41, 5.74) is 1.12. The molecular formula is C16H25N5O3. The van der Waals surface area contributed by atoms with E-state index >= 15 is 0 Å². The lowest BCUT2D eigenvalue weighted by molar-refractivity contribution is 0.0948. The van der Waals surface area contributed by atoms with Gasteiger partial charge in [0.1, 0.15) is 5.69 Å². The Morgan fingerprint density at radius 2 is 1.92 bits per heavy atom. The molecule has 1 N–H and O–H groups in total. The number of carbonyl (C=O) groups excluding carboxylic acids is 2. The number of carbonyl (C=O) groups is 2. The van der Waals surface area contributed by atoms with E-state index in [0.717, 1.165) is 12.1 Å². The van der Waals surface area contributed by atoms with Crippen LogP contribution in [0.3, 0.4) is 0 Å². The summed E-state index contributed by atoms with van der Waals surface area (Å²) >= 11 is 0. The average molecular weight is 335 g/mol. The van der Waals surface area contributed by atoms with Crippen LogP contribution in [0.1, 0.15) is 36.5 Å². The number of hydrogen-bond donors (Lipinski definition) is 1. The van der Waals surface area contributed by atoms with Crippen molar-refractivity contribution in [2.24, 2.45) is 0 Å². The molecule has 1 aliphatic heterocycles. The number of ether oxygens (including phenoxy) is 1. The Kier molecular flexibility index (Phi) is 6.34. The first kappa shape index (κ1) is 18.0. The largest absolute Gasteiger partial charge is 0.450 e. The topological polar surface area (TPSA) is 87.7 Å². The van der Waals surface area contributed by atoms with Crippen molar-refractivity contribution in [2.45, 2.75) is 27.2 Å². The Balaban J connectivity index is 2.03. The van der Waals surface area contributed by atoms with Gasteiger partial charge in [0, 0.05) is 38.4 Å². The van der Waals surface area contributed by atoms with E-state index in [2.05, 4.69) is 15.3 Å². The highest BCUT2D eigenvalue weighted by Crippen LogP contribution is 2.14. The summed E-state index contributed by atoms with van der Waals surface area (Å²) in [5, 5.41) is 2.82. The van der Waals surface area contributed by atoms with Gasteiger partial charge in [0.05, 0.1) is 6.61 Å². The molecule has 1 aromatic rings. The summed E-state index contributed by atoms with van der Waals surface area (Å²) in [6, 6.07) is 1.68. The van der Waals surface area contributed by atoms with E-state index in [0.29, 0.717) is 51.0 Å². The van der Waals surface area contributed by atoms with E-state index in [1.54, 1.807) is 17.9 Å². The van der Waals surface area contributed by atoms with Gasteiger partial charge in [-0.2, -0.15) is 0 Å². The zero-order chi connectivity index (χ0) is 17.5.